The van der Waals surface area contributed by atoms with Crippen LogP contribution in [-0.4, -0.2) is 29.9 Å². The smallest absolute Gasteiger partial charge is 0.245 e. The Morgan fingerprint density at radius 1 is 0.667 bits per heavy atom. The van der Waals surface area contributed by atoms with Gasteiger partial charge in [0.1, 0.15) is 34.7 Å². The van der Waals surface area contributed by atoms with Crippen molar-refractivity contribution in [2.24, 2.45) is 0 Å². The summed E-state index contributed by atoms with van der Waals surface area (Å²) in [5, 5.41) is 0. The van der Waals surface area contributed by atoms with E-state index in [9.17, 15) is 8.78 Å². The lowest BCUT2D eigenvalue weighted by Crippen LogP contribution is -1.97. The van der Waals surface area contributed by atoms with Crippen LogP contribution < -0.4 is 0 Å². The molecule has 0 bridgehead atoms. The number of nitrogens with zero attached hydrogens (tertiary/aromatic N) is 4. The highest BCUT2D eigenvalue weighted by molar-refractivity contribution is 6.17. The summed E-state index contributed by atoms with van der Waals surface area (Å²) in [6.45, 7) is 0. The van der Waals surface area contributed by atoms with E-state index in [0.717, 1.165) is 0 Å². The summed E-state index contributed by atoms with van der Waals surface area (Å²) in [5.74, 6) is -2.18. The Labute approximate surface area is 97.1 Å². The number of aromatic nitrogens is 6. The molecule has 0 amide bonds. The van der Waals surface area contributed by atoms with Gasteiger partial charge in [0.15, 0.2) is 0 Å². The summed E-state index contributed by atoms with van der Waals surface area (Å²) in [5.41, 5.74) is 2.49. The van der Waals surface area contributed by atoms with E-state index in [0.29, 0.717) is 33.1 Å². The zero-order chi connectivity index (χ0) is 12.3. The summed E-state index contributed by atoms with van der Waals surface area (Å²) in [4.78, 5) is 20.8. The standard InChI is InChI=1S/C10H4F2N6/c11-9-10(12)18-8-6-4(14-2-16-6)3-5(7(8)17-9)15-1-13-3/h1-2,17-18H. The minimum absolute atomic E-state index is 0.314. The van der Waals surface area contributed by atoms with Crippen LogP contribution in [0.15, 0.2) is 12.7 Å². The van der Waals surface area contributed by atoms with Crippen molar-refractivity contribution in [3.8, 4) is 0 Å². The fourth-order valence-electron chi connectivity index (χ4n) is 2.06. The van der Waals surface area contributed by atoms with E-state index in [1.807, 2.05) is 0 Å². The number of hydrogen-bond acceptors (Lipinski definition) is 4. The lowest BCUT2D eigenvalue weighted by Gasteiger charge is -2.03. The summed E-state index contributed by atoms with van der Waals surface area (Å²) < 4.78 is 26.5. The highest BCUT2D eigenvalue weighted by Gasteiger charge is 2.16. The first-order valence-corrected chi connectivity index (χ1v) is 5.06. The monoisotopic (exact) mass is 246 g/mol. The normalized spacial score (nSPS) is 11.9. The SMILES string of the molecule is Fc1[nH]c2c3ncnc3c3ncnc3c2[nH]c1F. The van der Waals surface area contributed by atoms with Crippen molar-refractivity contribution in [3.05, 3.63) is 24.6 Å². The molecule has 4 rings (SSSR count). The van der Waals surface area contributed by atoms with Gasteiger partial charge in [-0.15, -0.1) is 0 Å². The highest BCUT2D eigenvalue weighted by atomic mass is 19.2. The van der Waals surface area contributed by atoms with Crippen molar-refractivity contribution in [2.45, 2.75) is 0 Å². The summed E-state index contributed by atoms with van der Waals surface area (Å²) >= 11 is 0. The predicted octanol–water partition coefficient (Wildman–Crippen LogP) is 1.66. The Bertz CT molecular complexity index is 834. The Balaban J connectivity index is 2.43. The van der Waals surface area contributed by atoms with E-state index in [4.69, 9.17) is 0 Å². The maximum Gasteiger partial charge on any atom is 0.245 e. The first-order valence-electron chi connectivity index (χ1n) is 5.06. The molecule has 3 aromatic heterocycles. The summed E-state index contributed by atoms with van der Waals surface area (Å²) in [7, 11) is 0. The van der Waals surface area contributed by atoms with Crippen LogP contribution >= 0.6 is 0 Å². The van der Waals surface area contributed by atoms with Gasteiger partial charge in [0.25, 0.3) is 0 Å². The average molecular weight is 246 g/mol. The minimum Gasteiger partial charge on any atom is -0.325 e. The Kier molecular flexibility index (Phi) is 1.55. The first kappa shape index (κ1) is 9.40. The third-order valence-corrected chi connectivity index (χ3v) is 2.81. The van der Waals surface area contributed by atoms with Gasteiger partial charge in [-0.05, 0) is 0 Å². The Morgan fingerprint density at radius 2 is 1.06 bits per heavy atom. The molecule has 8 heteroatoms. The Morgan fingerprint density at radius 3 is 1.50 bits per heavy atom. The van der Waals surface area contributed by atoms with Crippen LogP contribution in [0.2, 0.25) is 0 Å². The molecule has 4 aromatic rings. The summed E-state index contributed by atoms with van der Waals surface area (Å²) in [6.07, 6.45) is 2.68. The molecule has 0 fully saturated rings. The second-order valence-corrected chi connectivity index (χ2v) is 3.77. The number of fused-ring (bicyclic) bond motifs is 6. The van der Waals surface area contributed by atoms with E-state index >= 15 is 0 Å². The van der Waals surface area contributed by atoms with Gasteiger partial charge in [-0.3, -0.25) is 0 Å². The number of rotatable bonds is 0. The maximum atomic E-state index is 13.3. The second-order valence-electron chi connectivity index (χ2n) is 3.77. The lowest BCUT2D eigenvalue weighted by molar-refractivity contribution is 0.459. The van der Waals surface area contributed by atoms with Gasteiger partial charge in [0, 0.05) is 0 Å². The lowest BCUT2D eigenvalue weighted by atomic mass is 10.2. The van der Waals surface area contributed by atoms with E-state index in [-0.39, 0.29) is 0 Å². The van der Waals surface area contributed by atoms with Crippen molar-refractivity contribution >= 4 is 33.1 Å². The molecule has 0 radical (unpaired) electrons. The number of benzene rings is 1. The molecule has 0 saturated heterocycles. The third-order valence-electron chi connectivity index (χ3n) is 2.81. The average Bonchev–Trinajstić information content (AvgIpc) is 2.97. The van der Waals surface area contributed by atoms with Crippen molar-refractivity contribution in [1.29, 1.82) is 0 Å². The molecular weight excluding hydrogens is 242 g/mol. The van der Waals surface area contributed by atoms with E-state index in [2.05, 4.69) is 29.9 Å². The van der Waals surface area contributed by atoms with Crippen LogP contribution in [-0.2, 0) is 0 Å². The number of imidazole rings is 2. The molecule has 18 heavy (non-hydrogen) atoms. The Hall–Kier alpha value is -2.64. The number of H-pyrrole nitrogens is 2. The van der Waals surface area contributed by atoms with Crippen LogP contribution in [0, 0.1) is 11.9 Å². The van der Waals surface area contributed by atoms with Gasteiger partial charge in [0.2, 0.25) is 11.9 Å². The summed E-state index contributed by atoms with van der Waals surface area (Å²) in [6, 6.07) is 0. The zero-order valence-corrected chi connectivity index (χ0v) is 8.70. The van der Waals surface area contributed by atoms with Gasteiger partial charge >= 0.3 is 0 Å². The van der Waals surface area contributed by atoms with Crippen LogP contribution in [0.3, 0.4) is 0 Å². The number of aromatic amines is 2. The highest BCUT2D eigenvalue weighted by Crippen LogP contribution is 2.28. The quantitative estimate of drug-likeness (QED) is 0.494. The van der Waals surface area contributed by atoms with E-state index in [1.165, 1.54) is 12.7 Å². The molecule has 0 aliphatic heterocycles. The van der Waals surface area contributed by atoms with Crippen molar-refractivity contribution in [2.75, 3.05) is 0 Å². The molecule has 0 saturated carbocycles. The molecule has 0 aliphatic carbocycles. The minimum atomic E-state index is -1.09. The fraction of sp³-hybridized carbons (Fsp3) is 0. The van der Waals surface area contributed by atoms with Crippen LogP contribution in [0.25, 0.3) is 33.1 Å². The topological polar surface area (TPSA) is 83.1 Å². The molecular formula is C10H4F2N6. The second kappa shape index (κ2) is 2.97. The number of halogens is 2. The molecule has 0 atom stereocenters. The number of nitrogens with one attached hydrogen (secondary N) is 2. The van der Waals surface area contributed by atoms with E-state index < -0.39 is 11.9 Å². The molecule has 3 heterocycles. The van der Waals surface area contributed by atoms with E-state index in [1.54, 1.807) is 0 Å². The predicted molar refractivity (Wildman–Crippen MR) is 58.8 cm³/mol. The maximum absolute atomic E-state index is 13.3. The molecule has 0 unspecified atom stereocenters. The van der Waals surface area contributed by atoms with Crippen molar-refractivity contribution < 1.29 is 8.78 Å². The van der Waals surface area contributed by atoms with Crippen molar-refractivity contribution in [1.82, 2.24) is 29.9 Å². The molecule has 1 aromatic carbocycles. The molecule has 6 nitrogen and oxygen atoms in total. The third kappa shape index (κ3) is 0.992. The van der Waals surface area contributed by atoms with Crippen LogP contribution in [0.4, 0.5) is 8.78 Å². The van der Waals surface area contributed by atoms with Crippen LogP contribution in [0.1, 0.15) is 0 Å². The van der Waals surface area contributed by atoms with Crippen LogP contribution in [0.5, 0.6) is 0 Å². The molecule has 2 N–H and O–H groups in total. The molecule has 88 valence electrons. The fourth-order valence-corrected chi connectivity index (χ4v) is 2.06. The van der Waals surface area contributed by atoms with Gasteiger partial charge in [-0.2, -0.15) is 8.78 Å². The molecule has 0 spiro atoms. The number of hydrogen-bond donors (Lipinski definition) is 2. The van der Waals surface area contributed by atoms with Gasteiger partial charge in [0.05, 0.1) is 11.0 Å². The first-order chi connectivity index (χ1) is 8.75. The van der Waals surface area contributed by atoms with Crippen molar-refractivity contribution in [3.63, 3.8) is 0 Å². The van der Waals surface area contributed by atoms with Gasteiger partial charge < -0.3 is 9.97 Å². The zero-order valence-electron chi connectivity index (χ0n) is 8.70. The molecule has 0 aliphatic rings. The largest absolute Gasteiger partial charge is 0.325 e. The van der Waals surface area contributed by atoms with Gasteiger partial charge in [-0.1, -0.05) is 0 Å². The van der Waals surface area contributed by atoms with Gasteiger partial charge in [-0.25, -0.2) is 19.9 Å².